The Morgan fingerprint density at radius 2 is 1.70 bits per heavy atom. The van der Waals surface area contributed by atoms with Gasteiger partial charge in [-0.2, -0.15) is 0 Å². The first kappa shape index (κ1) is 15.2. The molecule has 2 aromatic carbocycles. The second-order valence-electron chi connectivity index (χ2n) is 5.74. The largest absolute Gasteiger partial charge is 0.318 e. The lowest BCUT2D eigenvalue weighted by Gasteiger charge is -2.10. The van der Waals surface area contributed by atoms with E-state index < -0.39 is 0 Å². The van der Waals surface area contributed by atoms with Crippen molar-refractivity contribution in [3.63, 3.8) is 0 Å². The molecule has 0 spiro atoms. The zero-order chi connectivity index (χ0) is 16.4. The highest BCUT2D eigenvalue weighted by Gasteiger charge is 2.09. The molecular formula is C20H19FN2. The van der Waals surface area contributed by atoms with Crippen molar-refractivity contribution in [3.05, 3.63) is 82.9 Å². The molecule has 0 radical (unpaired) electrons. The predicted molar refractivity (Wildman–Crippen MR) is 93.6 cm³/mol. The van der Waals surface area contributed by atoms with Crippen molar-refractivity contribution in [3.8, 4) is 5.69 Å². The highest BCUT2D eigenvalue weighted by Crippen LogP contribution is 2.21. The Bertz CT molecular complexity index is 858. The van der Waals surface area contributed by atoms with E-state index in [0.717, 1.165) is 28.3 Å². The van der Waals surface area contributed by atoms with Gasteiger partial charge in [0.25, 0.3) is 0 Å². The van der Waals surface area contributed by atoms with E-state index >= 15 is 0 Å². The molecule has 3 heteroatoms. The standard InChI is InChI=1S/C20H19FN2/c1-14-5-4-6-20(11-14)23-15(2)12-17(16(23)3)13-22-19-9-7-18(21)8-10-19/h4-13H,1-3H3. The molecule has 3 rings (SSSR count). The Morgan fingerprint density at radius 1 is 0.957 bits per heavy atom. The molecule has 0 unspecified atom stereocenters. The van der Waals surface area contributed by atoms with Crippen LogP contribution in [0, 0.1) is 26.6 Å². The number of hydrogen-bond acceptors (Lipinski definition) is 1. The molecule has 0 aliphatic rings. The van der Waals surface area contributed by atoms with E-state index in [1.807, 2.05) is 6.21 Å². The number of nitrogens with zero attached hydrogens (tertiary/aromatic N) is 2. The molecule has 0 amide bonds. The van der Waals surface area contributed by atoms with Gasteiger partial charge in [-0.05, 0) is 68.8 Å². The summed E-state index contributed by atoms with van der Waals surface area (Å²) in [5, 5.41) is 0. The zero-order valence-corrected chi connectivity index (χ0v) is 13.5. The maximum atomic E-state index is 12.9. The Labute approximate surface area is 135 Å². The number of aromatic nitrogens is 1. The van der Waals surface area contributed by atoms with Crippen molar-refractivity contribution in [1.82, 2.24) is 4.57 Å². The lowest BCUT2D eigenvalue weighted by molar-refractivity contribution is 0.628. The summed E-state index contributed by atoms with van der Waals surface area (Å²) in [5.41, 5.74) is 6.49. The first-order valence-corrected chi connectivity index (χ1v) is 7.60. The molecule has 0 aliphatic carbocycles. The molecular weight excluding hydrogens is 287 g/mol. The van der Waals surface area contributed by atoms with Gasteiger partial charge in [0.15, 0.2) is 0 Å². The summed E-state index contributed by atoms with van der Waals surface area (Å²) in [6, 6.07) is 16.7. The van der Waals surface area contributed by atoms with Gasteiger partial charge in [-0.1, -0.05) is 12.1 Å². The quantitative estimate of drug-likeness (QED) is 0.585. The van der Waals surface area contributed by atoms with Crippen LogP contribution in [0.5, 0.6) is 0 Å². The van der Waals surface area contributed by atoms with Gasteiger partial charge < -0.3 is 4.57 Å². The third kappa shape index (κ3) is 3.24. The number of benzene rings is 2. The molecule has 1 aromatic heterocycles. The molecule has 0 atom stereocenters. The van der Waals surface area contributed by atoms with Crippen molar-refractivity contribution in [2.24, 2.45) is 4.99 Å². The Balaban J connectivity index is 1.96. The van der Waals surface area contributed by atoms with E-state index in [-0.39, 0.29) is 5.82 Å². The van der Waals surface area contributed by atoms with Gasteiger partial charge in [-0.15, -0.1) is 0 Å². The van der Waals surface area contributed by atoms with E-state index in [9.17, 15) is 4.39 Å². The van der Waals surface area contributed by atoms with Gasteiger partial charge in [-0.25, -0.2) is 4.39 Å². The number of halogens is 1. The average molecular weight is 306 g/mol. The van der Waals surface area contributed by atoms with Crippen molar-refractivity contribution >= 4 is 11.9 Å². The summed E-state index contributed by atoms with van der Waals surface area (Å²) in [7, 11) is 0. The number of aliphatic imine (C=N–C) groups is 1. The van der Waals surface area contributed by atoms with Crippen LogP contribution >= 0.6 is 0 Å². The second-order valence-corrected chi connectivity index (χ2v) is 5.74. The van der Waals surface area contributed by atoms with E-state index in [1.54, 1.807) is 12.1 Å². The fourth-order valence-corrected chi connectivity index (χ4v) is 2.75. The van der Waals surface area contributed by atoms with E-state index in [2.05, 4.69) is 60.7 Å². The molecule has 23 heavy (non-hydrogen) atoms. The minimum absolute atomic E-state index is 0.249. The van der Waals surface area contributed by atoms with Gasteiger partial charge in [0.1, 0.15) is 5.82 Å². The molecule has 0 aliphatic heterocycles. The van der Waals surface area contributed by atoms with Gasteiger partial charge in [-0.3, -0.25) is 4.99 Å². The van der Waals surface area contributed by atoms with Crippen molar-refractivity contribution in [2.45, 2.75) is 20.8 Å². The lowest BCUT2D eigenvalue weighted by Crippen LogP contribution is -1.99. The zero-order valence-electron chi connectivity index (χ0n) is 13.5. The highest BCUT2D eigenvalue weighted by atomic mass is 19.1. The van der Waals surface area contributed by atoms with Crippen LogP contribution in [0.25, 0.3) is 5.69 Å². The first-order valence-electron chi connectivity index (χ1n) is 7.60. The summed E-state index contributed by atoms with van der Waals surface area (Å²) >= 11 is 0. The molecule has 0 saturated heterocycles. The Hall–Kier alpha value is -2.68. The minimum atomic E-state index is -0.249. The van der Waals surface area contributed by atoms with Gasteiger partial charge in [0.2, 0.25) is 0 Å². The van der Waals surface area contributed by atoms with Crippen molar-refractivity contribution < 1.29 is 4.39 Å². The molecule has 0 bridgehead atoms. The summed E-state index contributed by atoms with van der Waals surface area (Å²) in [4.78, 5) is 4.44. The molecule has 0 fully saturated rings. The van der Waals surface area contributed by atoms with Crippen LogP contribution in [0.1, 0.15) is 22.5 Å². The van der Waals surface area contributed by atoms with Crippen LogP contribution in [0.4, 0.5) is 10.1 Å². The van der Waals surface area contributed by atoms with Crippen LogP contribution in [-0.4, -0.2) is 10.8 Å². The smallest absolute Gasteiger partial charge is 0.123 e. The molecule has 116 valence electrons. The fraction of sp³-hybridized carbons (Fsp3) is 0.150. The first-order chi connectivity index (χ1) is 11.0. The third-order valence-corrected chi connectivity index (χ3v) is 3.91. The molecule has 0 N–H and O–H groups in total. The fourth-order valence-electron chi connectivity index (χ4n) is 2.75. The maximum absolute atomic E-state index is 12.9. The van der Waals surface area contributed by atoms with Crippen LogP contribution in [0.3, 0.4) is 0 Å². The Morgan fingerprint density at radius 3 is 2.39 bits per heavy atom. The number of hydrogen-bond donors (Lipinski definition) is 0. The molecule has 1 heterocycles. The molecule has 3 aromatic rings. The number of aryl methyl sites for hydroxylation is 2. The van der Waals surface area contributed by atoms with Crippen LogP contribution in [0.2, 0.25) is 0 Å². The Kier molecular flexibility index (Phi) is 4.11. The van der Waals surface area contributed by atoms with E-state index in [1.165, 1.54) is 17.7 Å². The van der Waals surface area contributed by atoms with Crippen LogP contribution in [-0.2, 0) is 0 Å². The maximum Gasteiger partial charge on any atom is 0.123 e. The van der Waals surface area contributed by atoms with Crippen molar-refractivity contribution in [2.75, 3.05) is 0 Å². The predicted octanol–water partition coefficient (Wildman–Crippen LogP) is 5.29. The molecule has 0 saturated carbocycles. The monoisotopic (exact) mass is 306 g/mol. The van der Waals surface area contributed by atoms with Gasteiger partial charge >= 0.3 is 0 Å². The normalized spacial score (nSPS) is 11.3. The average Bonchev–Trinajstić information content (AvgIpc) is 2.81. The van der Waals surface area contributed by atoms with Crippen LogP contribution in [0.15, 0.2) is 59.6 Å². The second kappa shape index (κ2) is 6.21. The van der Waals surface area contributed by atoms with Gasteiger partial charge in [0.05, 0.1) is 5.69 Å². The topological polar surface area (TPSA) is 17.3 Å². The molecule has 2 nitrogen and oxygen atoms in total. The van der Waals surface area contributed by atoms with Crippen molar-refractivity contribution in [1.29, 1.82) is 0 Å². The highest BCUT2D eigenvalue weighted by molar-refractivity contribution is 5.84. The summed E-state index contributed by atoms with van der Waals surface area (Å²) in [5.74, 6) is -0.249. The van der Waals surface area contributed by atoms with Gasteiger partial charge in [0, 0.05) is 28.9 Å². The summed E-state index contributed by atoms with van der Waals surface area (Å²) < 4.78 is 15.2. The minimum Gasteiger partial charge on any atom is -0.318 e. The number of rotatable bonds is 3. The summed E-state index contributed by atoms with van der Waals surface area (Å²) in [6.07, 6.45) is 1.84. The van der Waals surface area contributed by atoms with Crippen LogP contribution < -0.4 is 0 Å². The SMILES string of the molecule is Cc1cccc(-n2c(C)cc(C=Nc3ccc(F)cc3)c2C)c1. The van der Waals surface area contributed by atoms with E-state index in [0.29, 0.717) is 0 Å². The lowest BCUT2D eigenvalue weighted by atomic mass is 10.2. The van der Waals surface area contributed by atoms with E-state index in [4.69, 9.17) is 0 Å². The summed E-state index contributed by atoms with van der Waals surface area (Å²) in [6.45, 7) is 6.26. The third-order valence-electron chi connectivity index (χ3n) is 3.91.